The molecule has 2 aliphatic rings. The molecule has 1 aliphatic heterocycles. The zero-order valence-corrected chi connectivity index (χ0v) is 20.6. The van der Waals surface area contributed by atoms with Crippen molar-refractivity contribution in [3.05, 3.63) is 81.1 Å². The summed E-state index contributed by atoms with van der Waals surface area (Å²) in [5.74, 6) is 0.357. The van der Waals surface area contributed by atoms with Gasteiger partial charge in [-0.05, 0) is 74.1 Å². The van der Waals surface area contributed by atoms with Crippen LogP contribution in [0.1, 0.15) is 64.9 Å². The molecule has 1 N–H and O–H groups in total. The molecule has 2 amide bonds. The number of hydrogen-bond donors (Lipinski definition) is 1. The Balaban J connectivity index is 1.39. The fourth-order valence-electron chi connectivity index (χ4n) is 4.48. The van der Waals surface area contributed by atoms with Crippen LogP contribution in [0.5, 0.6) is 5.75 Å². The van der Waals surface area contributed by atoms with Crippen LogP contribution in [-0.2, 0) is 17.8 Å². The quantitative estimate of drug-likeness (QED) is 0.509. The Hall–Kier alpha value is -3.26. The molecule has 1 fully saturated rings. The van der Waals surface area contributed by atoms with Gasteiger partial charge in [0.25, 0.3) is 5.91 Å². The van der Waals surface area contributed by atoms with Gasteiger partial charge in [-0.2, -0.15) is 0 Å². The van der Waals surface area contributed by atoms with Crippen molar-refractivity contribution in [3.63, 3.8) is 0 Å². The van der Waals surface area contributed by atoms with Crippen molar-refractivity contribution in [2.24, 2.45) is 5.92 Å². The molecule has 0 saturated heterocycles. The monoisotopic (exact) mass is 493 g/mol. The molecule has 2 heterocycles. The molecule has 182 valence electrons. The molecular weight excluding hydrogens is 465 g/mol. The van der Waals surface area contributed by atoms with Crippen molar-refractivity contribution in [1.82, 2.24) is 15.2 Å². The summed E-state index contributed by atoms with van der Waals surface area (Å²) < 4.78 is 20.2. The highest BCUT2D eigenvalue weighted by molar-refractivity contribution is 7.09. The lowest BCUT2D eigenvalue weighted by Crippen LogP contribution is -2.41. The minimum Gasteiger partial charge on any atom is -0.486 e. The Morgan fingerprint density at radius 1 is 1.23 bits per heavy atom. The van der Waals surface area contributed by atoms with Gasteiger partial charge in [0, 0.05) is 23.9 Å². The van der Waals surface area contributed by atoms with Crippen LogP contribution in [0.25, 0.3) is 0 Å². The number of nitrogens with zero attached hydrogens (tertiary/aromatic N) is 2. The number of carbonyl (C=O) groups excluding carboxylic acids is 2. The average molecular weight is 494 g/mol. The van der Waals surface area contributed by atoms with E-state index in [1.54, 1.807) is 11.4 Å². The summed E-state index contributed by atoms with van der Waals surface area (Å²) in [5, 5.41) is 5.26. The van der Waals surface area contributed by atoms with E-state index in [1.165, 1.54) is 23.5 Å². The maximum absolute atomic E-state index is 14.2. The van der Waals surface area contributed by atoms with Gasteiger partial charge in [0.2, 0.25) is 5.91 Å². The summed E-state index contributed by atoms with van der Waals surface area (Å²) in [5.41, 5.74) is 3.24. The molecule has 0 radical (unpaired) electrons. The third kappa shape index (κ3) is 5.22. The summed E-state index contributed by atoms with van der Waals surface area (Å²) in [7, 11) is 0. The van der Waals surface area contributed by atoms with Gasteiger partial charge in [-0.15, -0.1) is 11.3 Å². The van der Waals surface area contributed by atoms with Crippen molar-refractivity contribution in [2.45, 2.75) is 51.8 Å². The topological polar surface area (TPSA) is 71.5 Å². The number of hydrogen-bond acceptors (Lipinski definition) is 5. The van der Waals surface area contributed by atoms with Crippen molar-refractivity contribution >= 4 is 23.2 Å². The van der Waals surface area contributed by atoms with Crippen LogP contribution < -0.4 is 10.1 Å². The number of rotatable bonds is 7. The van der Waals surface area contributed by atoms with Crippen LogP contribution in [-0.4, -0.2) is 34.3 Å². The van der Waals surface area contributed by atoms with Crippen molar-refractivity contribution < 1.29 is 18.7 Å². The van der Waals surface area contributed by atoms with Gasteiger partial charge < -0.3 is 15.0 Å². The summed E-state index contributed by atoms with van der Waals surface area (Å²) in [4.78, 5) is 31.6. The lowest BCUT2D eigenvalue weighted by atomic mass is 9.87. The Bertz CT molecular complexity index is 1250. The summed E-state index contributed by atoms with van der Waals surface area (Å²) >= 11 is 1.37. The first kappa shape index (κ1) is 23.5. The molecule has 1 aliphatic carbocycles. The number of ether oxygens (including phenoxy) is 1. The normalized spacial score (nSPS) is 17.3. The van der Waals surface area contributed by atoms with Crippen LogP contribution in [0, 0.1) is 11.7 Å². The largest absolute Gasteiger partial charge is 0.486 e. The van der Waals surface area contributed by atoms with Gasteiger partial charge in [0.1, 0.15) is 28.9 Å². The molecule has 0 bridgehead atoms. The zero-order valence-electron chi connectivity index (χ0n) is 19.8. The van der Waals surface area contributed by atoms with Gasteiger partial charge in [-0.25, -0.2) is 9.37 Å². The van der Waals surface area contributed by atoms with Crippen molar-refractivity contribution in [2.75, 3.05) is 6.54 Å². The van der Waals surface area contributed by atoms with E-state index in [0.29, 0.717) is 23.0 Å². The standard InChI is InChI=1S/C27H28FN3O3S/c1-16(2)29-26(32)23-15-35-24(30-23)14-34-21-9-8-17-10-11-31(27(33)18-6-7-18)25(22(17)13-21)19-4-3-5-20(28)12-19/h3-5,8-9,12-13,15-16,18,25H,6-7,10-11,14H2,1-2H3,(H,29,32). The average Bonchev–Trinajstić information content (AvgIpc) is 3.58. The van der Waals surface area contributed by atoms with E-state index in [9.17, 15) is 14.0 Å². The Morgan fingerprint density at radius 3 is 2.80 bits per heavy atom. The molecule has 3 aromatic rings. The van der Waals surface area contributed by atoms with E-state index in [2.05, 4.69) is 10.3 Å². The number of amides is 2. The highest BCUT2D eigenvalue weighted by Gasteiger charge is 2.39. The van der Waals surface area contributed by atoms with E-state index >= 15 is 0 Å². The molecule has 8 heteroatoms. The molecule has 1 saturated carbocycles. The van der Waals surface area contributed by atoms with Crippen LogP contribution in [0.2, 0.25) is 0 Å². The first-order chi connectivity index (χ1) is 16.9. The molecule has 5 rings (SSSR count). The predicted molar refractivity (Wildman–Crippen MR) is 132 cm³/mol. The SMILES string of the molecule is CC(C)NC(=O)c1csc(COc2ccc3c(c2)C(c2cccc(F)c2)N(C(=O)C2CC2)CC3)n1. The molecule has 6 nitrogen and oxygen atoms in total. The summed E-state index contributed by atoms with van der Waals surface area (Å²) in [6.07, 6.45) is 2.60. The summed E-state index contributed by atoms with van der Waals surface area (Å²) in [6, 6.07) is 12.1. The second-order valence-electron chi connectivity index (χ2n) is 9.42. The molecule has 1 aromatic heterocycles. The lowest BCUT2D eigenvalue weighted by Gasteiger charge is -2.38. The van der Waals surface area contributed by atoms with Crippen molar-refractivity contribution in [1.29, 1.82) is 0 Å². The molecule has 2 aromatic carbocycles. The van der Waals surface area contributed by atoms with E-state index in [0.717, 1.165) is 36.0 Å². The highest BCUT2D eigenvalue weighted by Crippen LogP contribution is 2.41. The van der Waals surface area contributed by atoms with Gasteiger partial charge in [0.15, 0.2) is 0 Å². The van der Waals surface area contributed by atoms with Gasteiger partial charge >= 0.3 is 0 Å². The van der Waals surface area contributed by atoms with E-state index in [-0.39, 0.29) is 42.2 Å². The lowest BCUT2D eigenvalue weighted by molar-refractivity contribution is -0.134. The van der Waals surface area contributed by atoms with Crippen LogP contribution >= 0.6 is 11.3 Å². The molecular formula is C27H28FN3O3S. The number of fused-ring (bicyclic) bond motifs is 1. The Kier molecular flexibility index (Phi) is 6.56. The number of carbonyl (C=O) groups is 2. The minimum absolute atomic E-state index is 0.0387. The summed E-state index contributed by atoms with van der Waals surface area (Å²) in [6.45, 7) is 4.65. The first-order valence-corrected chi connectivity index (χ1v) is 12.8. The molecule has 1 atom stereocenters. The van der Waals surface area contributed by atoms with Gasteiger partial charge in [-0.1, -0.05) is 18.2 Å². The van der Waals surface area contributed by atoms with Crippen LogP contribution in [0.3, 0.4) is 0 Å². The fraction of sp³-hybridized carbons (Fsp3) is 0.370. The second kappa shape index (κ2) is 9.77. The van der Waals surface area contributed by atoms with Gasteiger partial charge in [-0.3, -0.25) is 9.59 Å². The third-order valence-corrected chi connectivity index (χ3v) is 7.11. The first-order valence-electron chi connectivity index (χ1n) is 12.0. The van der Waals surface area contributed by atoms with Crippen molar-refractivity contribution in [3.8, 4) is 5.75 Å². The maximum atomic E-state index is 14.2. The Morgan fingerprint density at radius 2 is 2.06 bits per heavy atom. The zero-order chi connectivity index (χ0) is 24.5. The number of aromatic nitrogens is 1. The van der Waals surface area contributed by atoms with E-state index in [1.807, 2.05) is 43.0 Å². The Labute approximate surface area is 208 Å². The van der Waals surface area contributed by atoms with Crippen LogP contribution in [0.4, 0.5) is 4.39 Å². The maximum Gasteiger partial charge on any atom is 0.270 e. The minimum atomic E-state index is -0.350. The highest BCUT2D eigenvalue weighted by atomic mass is 32.1. The fourth-order valence-corrected chi connectivity index (χ4v) is 5.17. The molecule has 35 heavy (non-hydrogen) atoms. The van der Waals surface area contributed by atoms with E-state index in [4.69, 9.17) is 4.74 Å². The number of benzene rings is 2. The second-order valence-corrected chi connectivity index (χ2v) is 10.4. The molecule has 0 spiro atoms. The number of halogens is 1. The predicted octanol–water partition coefficient (Wildman–Crippen LogP) is 4.88. The number of nitrogens with one attached hydrogen (secondary N) is 1. The smallest absolute Gasteiger partial charge is 0.270 e. The van der Waals surface area contributed by atoms with Crippen LogP contribution in [0.15, 0.2) is 47.8 Å². The molecule has 1 unspecified atom stereocenters. The number of thiazole rings is 1. The van der Waals surface area contributed by atoms with Gasteiger partial charge in [0.05, 0.1) is 6.04 Å². The third-order valence-electron chi connectivity index (χ3n) is 6.29. The van der Waals surface area contributed by atoms with E-state index < -0.39 is 0 Å².